The minimum absolute atomic E-state index is 0.0525. The van der Waals surface area contributed by atoms with Gasteiger partial charge in [0, 0.05) is 32.1 Å². The molecule has 58 heavy (non-hydrogen) atoms. The number of amides is 6. The van der Waals surface area contributed by atoms with Gasteiger partial charge in [-0.25, -0.2) is 13.6 Å². The van der Waals surface area contributed by atoms with Gasteiger partial charge in [0.1, 0.15) is 54.0 Å². The summed E-state index contributed by atoms with van der Waals surface area (Å²) in [7, 11) is 0. The normalized spacial score (nSPS) is 27.6. The van der Waals surface area contributed by atoms with Crippen LogP contribution in [-0.2, 0) is 51.1 Å². The van der Waals surface area contributed by atoms with Crippen LogP contribution in [0.15, 0.2) is 42.5 Å². The molecule has 4 aliphatic heterocycles. The predicted molar refractivity (Wildman–Crippen MR) is 205 cm³/mol. The van der Waals surface area contributed by atoms with Crippen LogP contribution in [0.4, 0.5) is 8.78 Å². The van der Waals surface area contributed by atoms with Crippen molar-refractivity contribution in [3.8, 4) is 0 Å². The van der Waals surface area contributed by atoms with Crippen LogP contribution < -0.4 is 16.0 Å². The number of cyclic esters (lactones) is 1. The van der Waals surface area contributed by atoms with E-state index >= 15 is 0 Å². The Morgan fingerprint density at radius 1 is 0.810 bits per heavy atom. The Morgan fingerprint density at radius 2 is 1.47 bits per heavy atom. The summed E-state index contributed by atoms with van der Waals surface area (Å²) < 4.78 is 34.6. The smallest absolute Gasteiger partial charge is 0.329 e. The molecule has 0 radical (unpaired) electrons. The van der Waals surface area contributed by atoms with E-state index in [2.05, 4.69) is 16.0 Å². The second kappa shape index (κ2) is 18.0. The zero-order valence-electron chi connectivity index (χ0n) is 33.3. The first-order valence-electron chi connectivity index (χ1n) is 20.1. The molecule has 4 fully saturated rings. The Morgan fingerprint density at radius 3 is 2.17 bits per heavy atom. The molecule has 4 aliphatic rings. The number of piperidine rings is 1. The molecule has 0 bridgehead atoms. The molecule has 0 unspecified atom stereocenters. The molecule has 6 rings (SSSR count). The second-order valence-corrected chi connectivity index (χ2v) is 16.2. The fourth-order valence-electron chi connectivity index (χ4n) is 8.53. The maximum absolute atomic E-state index is 14.7. The molecule has 0 spiro atoms. The van der Waals surface area contributed by atoms with E-state index in [0.717, 1.165) is 17.7 Å². The van der Waals surface area contributed by atoms with Gasteiger partial charge >= 0.3 is 5.97 Å². The fourth-order valence-corrected chi connectivity index (χ4v) is 8.53. The van der Waals surface area contributed by atoms with Gasteiger partial charge < -0.3 is 35.4 Å². The standard InChI is InChI=1S/C42H52F2N6O8/c1-23-10-12-27(13-11-23)20-35(51)46-31(19-28-17-29(43)21-30(44)18-28)37(52)47-36-26(4)58-42(57)34-16-24(2)22-50(34)39(54)25(3)45-38(53)32-8-5-6-14-48(32)40(55)33-9-7-15-49(33)41(36)56/h10-13,17-18,21,24-26,31-34,36H,5-9,14-16,19-20,22H2,1-4H3,(H,45,53)(H,46,51)(H,47,52)/t24-,25+,26-,31+,32+,33+,34+,36+/m1/s1. The number of halogens is 2. The van der Waals surface area contributed by atoms with Gasteiger partial charge in [-0.3, -0.25) is 28.8 Å². The Kier molecular flexibility index (Phi) is 13.1. The largest absolute Gasteiger partial charge is 0.458 e. The van der Waals surface area contributed by atoms with E-state index in [4.69, 9.17) is 4.74 Å². The molecule has 0 saturated carbocycles. The van der Waals surface area contributed by atoms with Crippen LogP contribution in [0.5, 0.6) is 0 Å². The zero-order valence-corrected chi connectivity index (χ0v) is 33.3. The summed E-state index contributed by atoms with van der Waals surface area (Å²) in [5, 5.41) is 8.08. The van der Waals surface area contributed by atoms with Crippen molar-refractivity contribution in [3.63, 3.8) is 0 Å². The van der Waals surface area contributed by atoms with Gasteiger partial charge in [0.15, 0.2) is 0 Å². The average Bonchev–Trinajstić information content (AvgIpc) is 3.83. The Hall–Kier alpha value is -5.41. The number of carbonyl (C=O) groups is 7. The minimum Gasteiger partial charge on any atom is -0.458 e. The Balaban J connectivity index is 1.34. The molecule has 16 heteroatoms. The van der Waals surface area contributed by atoms with E-state index in [1.54, 1.807) is 12.1 Å². The summed E-state index contributed by atoms with van der Waals surface area (Å²) >= 11 is 0. The number of fused-ring (bicyclic) bond motifs is 3. The third-order valence-corrected chi connectivity index (χ3v) is 11.5. The molecule has 2 aromatic rings. The number of hydrogen-bond donors (Lipinski definition) is 3. The number of hydrogen-bond acceptors (Lipinski definition) is 8. The Bertz CT molecular complexity index is 1910. The van der Waals surface area contributed by atoms with E-state index in [1.165, 1.54) is 28.5 Å². The first-order chi connectivity index (χ1) is 27.6. The number of ether oxygens (including phenoxy) is 1. The third-order valence-electron chi connectivity index (χ3n) is 11.5. The van der Waals surface area contributed by atoms with Gasteiger partial charge in [-0.1, -0.05) is 36.8 Å². The number of carbonyl (C=O) groups excluding carboxylic acids is 7. The van der Waals surface area contributed by atoms with Crippen LogP contribution in [0.2, 0.25) is 0 Å². The second-order valence-electron chi connectivity index (χ2n) is 16.2. The van der Waals surface area contributed by atoms with E-state index in [9.17, 15) is 42.3 Å². The molecule has 8 atom stereocenters. The lowest BCUT2D eigenvalue weighted by Crippen LogP contribution is -2.63. The van der Waals surface area contributed by atoms with Gasteiger partial charge in [0.05, 0.1) is 6.42 Å². The lowest BCUT2D eigenvalue weighted by atomic mass is 9.99. The summed E-state index contributed by atoms with van der Waals surface area (Å²) in [5.74, 6) is -6.40. The van der Waals surface area contributed by atoms with E-state index in [-0.39, 0.29) is 56.8 Å². The summed E-state index contributed by atoms with van der Waals surface area (Å²) in [4.78, 5) is 102. The minimum atomic E-state index is -1.60. The van der Waals surface area contributed by atoms with Crippen LogP contribution in [0.3, 0.4) is 0 Å². The summed E-state index contributed by atoms with van der Waals surface area (Å²) in [6.07, 6.45) is 0.782. The van der Waals surface area contributed by atoms with Gasteiger partial charge in [-0.15, -0.1) is 0 Å². The quantitative estimate of drug-likeness (QED) is 0.357. The van der Waals surface area contributed by atoms with Crippen molar-refractivity contribution < 1.29 is 47.1 Å². The third kappa shape index (κ3) is 9.64. The van der Waals surface area contributed by atoms with E-state index in [1.807, 2.05) is 26.0 Å². The van der Waals surface area contributed by atoms with Crippen molar-refractivity contribution >= 4 is 41.4 Å². The SMILES string of the molecule is Cc1ccc(CC(=O)N[C@@H](Cc2cc(F)cc(F)c2)C(=O)N[C@@H]2C(=O)N3CCC[C@H]3C(=O)N3CCCC[C@H]3C(=O)N[C@@H](C)C(=O)N3C[C@H](C)C[C@H]3C(=O)O[C@@H]2C)cc1. The molecule has 0 aromatic heterocycles. The van der Waals surface area contributed by atoms with Gasteiger partial charge in [-0.05, 0) is 88.5 Å². The summed E-state index contributed by atoms with van der Waals surface area (Å²) in [6.45, 7) is 7.31. The lowest BCUT2D eigenvalue weighted by Gasteiger charge is -2.39. The molecule has 4 saturated heterocycles. The molecule has 4 heterocycles. The van der Waals surface area contributed by atoms with Gasteiger partial charge in [0.25, 0.3) is 0 Å². The highest BCUT2D eigenvalue weighted by atomic mass is 19.1. The highest BCUT2D eigenvalue weighted by Crippen LogP contribution is 2.29. The van der Waals surface area contributed by atoms with Crippen molar-refractivity contribution in [1.29, 1.82) is 0 Å². The number of esters is 1. The molecule has 0 aliphatic carbocycles. The molecule has 14 nitrogen and oxygen atoms in total. The highest BCUT2D eigenvalue weighted by molar-refractivity contribution is 5.98. The first-order valence-corrected chi connectivity index (χ1v) is 20.1. The molecule has 2 aromatic carbocycles. The summed E-state index contributed by atoms with van der Waals surface area (Å²) in [6, 6.07) is 2.90. The van der Waals surface area contributed by atoms with Crippen molar-refractivity contribution in [2.45, 2.75) is 121 Å². The number of aryl methyl sites for hydroxylation is 1. The van der Waals surface area contributed by atoms with Crippen LogP contribution >= 0.6 is 0 Å². The van der Waals surface area contributed by atoms with Crippen molar-refractivity contribution in [1.82, 2.24) is 30.7 Å². The number of rotatable bonds is 7. The van der Waals surface area contributed by atoms with Crippen LogP contribution in [-0.4, -0.2) is 118 Å². The molecular formula is C42H52F2N6O8. The van der Waals surface area contributed by atoms with Crippen LogP contribution in [0, 0.1) is 24.5 Å². The van der Waals surface area contributed by atoms with Crippen molar-refractivity contribution in [2.24, 2.45) is 5.92 Å². The van der Waals surface area contributed by atoms with E-state index in [0.29, 0.717) is 37.3 Å². The van der Waals surface area contributed by atoms with Crippen LogP contribution in [0.25, 0.3) is 0 Å². The first kappa shape index (κ1) is 42.2. The van der Waals surface area contributed by atoms with Gasteiger partial charge in [-0.2, -0.15) is 0 Å². The average molecular weight is 807 g/mol. The predicted octanol–water partition coefficient (Wildman–Crippen LogP) is 2.09. The maximum atomic E-state index is 14.7. The zero-order chi connectivity index (χ0) is 41.8. The van der Waals surface area contributed by atoms with E-state index < -0.39 is 95.4 Å². The topological polar surface area (TPSA) is 175 Å². The van der Waals surface area contributed by atoms with Crippen molar-refractivity contribution in [2.75, 3.05) is 19.6 Å². The monoisotopic (exact) mass is 806 g/mol. The number of benzene rings is 2. The van der Waals surface area contributed by atoms with Crippen molar-refractivity contribution in [3.05, 3.63) is 70.8 Å². The molecule has 6 amide bonds. The molecule has 3 N–H and O–H groups in total. The Labute approximate surface area is 336 Å². The number of nitrogens with one attached hydrogen (secondary N) is 3. The molecular weight excluding hydrogens is 754 g/mol. The van der Waals surface area contributed by atoms with Gasteiger partial charge in [0.2, 0.25) is 35.4 Å². The number of nitrogens with zero attached hydrogens (tertiary/aromatic N) is 3. The fraction of sp³-hybridized carbons (Fsp3) is 0.548. The van der Waals surface area contributed by atoms with Crippen LogP contribution in [0.1, 0.15) is 76.0 Å². The highest BCUT2D eigenvalue weighted by Gasteiger charge is 2.47. The lowest BCUT2D eigenvalue weighted by molar-refractivity contribution is -0.163. The summed E-state index contributed by atoms with van der Waals surface area (Å²) in [5.41, 5.74) is 1.67. The molecule has 312 valence electrons. The maximum Gasteiger partial charge on any atom is 0.329 e.